The third kappa shape index (κ3) is 3.49. The van der Waals surface area contributed by atoms with Crippen LogP contribution in [0, 0.1) is 5.92 Å². The van der Waals surface area contributed by atoms with Gasteiger partial charge in [0.25, 0.3) is 0 Å². The smallest absolute Gasteiger partial charge is 0.131 e. The van der Waals surface area contributed by atoms with Gasteiger partial charge in [-0.3, -0.25) is 4.98 Å². The highest BCUT2D eigenvalue weighted by molar-refractivity contribution is 5.76. The van der Waals surface area contributed by atoms with Crippen LogP contribution in [0.2, 0.25) is 0 Å². The van der Waals surface area contributed by atoms with Gasteiger partial charge in [-0.15, -0.1) is 0 Å². The molecule has 0 bridgehead atoms. The number of nitrogens with zero attached hydrogens (tertiary/aromatic N) is 1. The second-order valence-electron chi connectivity index (χ2n) is 7.34. The van der Waals surface area contributed by atoms with Crippen LogP contribution in [0.5, 0.6) is 11.5 Å². The Hall–Kier alpha value is -2.07. The van der Waals surface area contributed by atoms with Crippen molar-refractivity contribution in [3.05, 3.63) is 42.2 Å². The minimum Gasteiger partial charge on any atom is -0.492 e. The van der Waals surface area contributed by atoms with Gasteiger partial charge in [-0.2, -0.15) is 0 Å². The van der Waals surface area contributed by atoms with Gasteiger partial charge in [0.05, 0.1) is 0 Å². The van der Waals surface area contributed by atoms with Crippen molar-refractivity contribution in [2.24, 2.45) is 11.7 Å². The van der Waals surface area contributed by atoms with Crippen molar-refractivity contribution in [2.75, 3.05) is 6.61 Å². The molecule has 0 spiro atoms. The maximum Gasteiger partial charge on any atom is 0.131 e. The molecular weight excluding hydrogens is 312 g/mol. The number of ether oxygens (including phenoxy) is 2. The molecule has 1 aliphatic heterocycles. The summed E-state index contributed by atoms with van der Waals surface area (Å²) >= 11 is 0. The molecule has 4 rings (SSSR count). The van der Waals surface area contributed by atoms with E-state index in [4.69, 9.17) is 15.2 Å². The Labute approximate surface area is 149 Å². The summed E-state index contributed by atoms with van der Waals surface area (Å²) in [6.07, 6.45) is 10.1. The predicted octanol–water partition coefficient (Wildman–Crippen LogP) is 4.49. The average Bonchev–Trinajstić information content (AvgIpc) is 3.13. The summed E-state index contributed by atoms with van der Waals surface area (Å²) in [6.45, 7) is 2.61. The molecule has 4 heteroatoms. The van der Waals surface area contributed by atoms with Gasteiger partial charge in [0.2, 0.25) is 0 Å². The summed E-state index contributed by atoms with van der Waals surface area (Å²) in [7, 11) is 0. The van der Waals surface area contributed by atoms with E-state index >= 15 is 0 Å². The molecule has 2 heterocycles. The summed E-state index contributed by atoms with van der Waals surface area (Å²) in [5.41, 5.74) is 9.67. The Kier molecular flexibility index (Phi) is 4.62. The van der Waals surface area contributed by atoms with Crippen LogP contribution in [0.25, 0.3) is 11.1 Å². The van der Waals surface area contributed by atoms with E-state index in [-0.39, 0.29) is 12.1 Å². The highest BCUT2D eigenvalue weighted by Crippen LogP contribution is 2.43. The molecule has 4 nitrogen and oxygen atoms in total. The average molecular weight is 338 g/mol. The molecule has 2 aromatic rings. The van der Waals surface area contributed by atoms with E-state index in [2.05, 4.69) is 18.0 Å². The normalized spacial score (nSPS) is 20.5. The summed E-state index contributed by atoms with van der Waals surface area (Å²) in [6, 6.07) is 8.21. The molecule has 1 saturated carbocycles. The van der Waals surface area contributed by atoms with Gasteiger partial charge >= 0.3 is 0 Å². The summed E-state index contributed by atoms with van der Waals surface area (Å²) in [4.78, 5) is 4.21. The van der Waals surface area contributed by atoms with E-state index in [0.717, 1.165) is 35.0 Å². The zero-order valence-electron chi connectivity index (χ0n) is 14.8. The van der Waals surface area contributed by atoms with Gasteiger partial charge in [0.15, 0.2) is 0 Å². The second kappa shape index (κ2) is 7.04. The third-order valence-electron chi connectivity index (χ3n) is 5.41. The number of pyridine rings is 1. The van der Waals surface area contributed by atoms with E-state index in [9.17, 15) is 0 Å². The van der Waals surface area contributed by atoms with Gasteiger partial charge < -0.3 is 15.2 Å². The zero-order chi connectivity index (χ0) is 17.2. The monoisotopic (exact) mass is 338 g/mol. The first-order valence-corrected chi connectivity index (χ1v) is 9.34. The molecule has 1 unspecified atom stereocenters. The standard InChI is InChI=1S/C21H26N2O2/c1-14-20-12-23-9-8-18(20)19-7-6-17(11-21(19)25-14)24-13-16(22)10-15-4-2-3-5-15/h6-9,11-12,14-16H,2-5,10,13,22H2,1H3/t14?,16-/m0/s1. The number of rotatable bonds is 5. The minimum atomic E-state index is -0.00364. The Bertz CT molecular complexity index is 740. The lowest BCUT2D eigenvalue weighted by molar-refractivity contribution is 0.219. The molecule has 132 valence electrons. The van der Waals surface area contributed by atoms with Gasteiger partial charge in [-0.25, -0.2) is 0 Å². The third-order valence-corrected chi connectivity index (χ3v) is 5.41. The highest BCUT2D eigenvalue weighted by atomic mass is 16.5. The number of nitrogens with two attached hydrogens (primary N) is 1. The van der Waals surface area contributed by atoms with Crippen molar-refractivity contribution >= 4 is 0 Å². The summed E-state index contributed by atoms with van der Waals surface area (Å²) in [5.74, 6) is 2.48. The largest absolute Gasteiger partial charge is 0.492 e. The van der Waals surface area contributed by atoms with Gasteiger partial charge in [-0.05, 0) is 43.0 Å². The van der Waals surface area contributed by atoms with E-state index < -0.39 is 0 Å². The summed E-state index contributed by atoms with van der Waals surface area (Å²) in [5, 5.41) is 0. The van der Waals surface area contributed by atoms with Crippen LogP contribution in [-0.2, 0) is 0 Å². The quantitative estimate of drug-likeness (QED) is 0.873. The Balaban J connectivity index is 1.44. The van der Waals surface area contributed by atoms with Crippen molar-refractivity contribution < 1.29 is 9.47 Å². The van der Waals surface area contributed by atoms with Crippen molar-refractivity contribution in [1.29, 1.82) is 0 Å². The number of benzene rings is 1. The first kappa shape index (κ1) is 16.4. The molecule has 0 saturated heterocycles. The molecule has 1 fully saturated rings. The maximum atomic E-state index is 6.26. The van der Waals surface area contributed by atoms with Crippen LogP contribution in [-0.4, -0.2) is 17.6 Å². The van der Waals surface area contributed by atoms with Crippen LogP contribution in [0.1, 0.15) is 50.7 Å². The fourth-order valence-corrected chi connectivity index (χ4v) is 4.09. The molecular formula is C21H26N2O2. The SMILES string of the molecule is CC1Oc2cc(OC[C@@H](N)CC3CCCC3)ccc2-c2ccncc21. The van der Waals surface area contributed by atoms with Crippen LogP contribution >= 0.6 is 0 Å². The van der Waals surface area contributed by atoms with E-state index in [1.165, 1.54) is 31.2 Å². The Morgan fingerprint density at radius 1 is 1.24 bits per heavy atom. The van der Waals surface area contributed by atoms with Crippen molar-refractivity contribution in [1.82, 2.24) is 4.98 Å². The number of hydrogen-bond acceptors (Lipinski definition) is 4. The summed E-state index contributed by atoms with van der Waals surface area (Å²) < 4.78 is 12.0. The van der Waals surface area contributed by atoms with Gasteiger partial charge in [0, 0.05) is 35.6 Å². The topological polar surface area (TPSA) is 57.4 Å². The van der Waals surface area contributed by atoms with Crippen molar-refractivity contribution in [3.8, 4) is 22.6 Å². The van der Waals surface area contributed by atoms with E-state index in [1.54, 1.807) is 0 Å². The zero-order valence-corrected chi connectivity index (χ0v) is 14.8. The minimum absolute atomic E-state index is 0.00364. The van der Waals surface area contributed by atoms with Gasteiger partial charge in [0.1, 0.15) is 24.2 Å². The first-order valence-electron chi connectivity index (χ1n) is 9.34. The highest BCUT2D eigenvalue weighted by Gasteiger charge is 2.23. The lowest BCUT2D eigenvalue weighted by Crippen LogP contribution is -2.29. The van der Waals surface area contributed by atoms with Crippen LogP contribution < -0.4 is 15.2 Å². The van der Waals surface area contributed by atoms with Crippen molar-refractivity contribution in [3.63, 3.8) is 0 Å². The van der Waals surface area contributed by atoms with E-state index in [1.807, 2.05) is 30.6 Å². The predicted molar refractivity (Wildman–Crippen MR) is 98.8 cm³/mol. The molecule has 1 aromatic carbocycles. The molecule has 1 aromatic heterocycles. The molecule has 2 atom stereocenters. The van der Waals surface area contributed by atoms with E-state index in [0.29, 0.717) is 6.61 Å². The van der Waals surface area contributed by atoms with Crippen LogP contribution in [0.3, 0.4) is 0 Å². The number of hydrogen-bond donors (Lipinski definition) is 1. The molecule has 25 heavy (non-hydrogen) atoms. The fraction of sp³-hybridized carbons (Fsp3) is 0.476. The first-order chi connectivity index (χ1) is 12.2. The van der Waals surface area contributed by atoms with Gasteiger partial charge in [-0.1, -0.05) is 25.7 Å². The van der Waals surface area contributed by atoms with Crippen LogP contribution in [0.15, 0.2) is 36.7 Å². The molecule has 2 N–H and O–H groups in total. The molecule has 2 aliphatic rings. The number of fused-ring (bicyclic) bond motifs is 3. The Morgan fingerprint density at radius 3 is 2.92 bits per heavy atom. The maximum absolute atomic E-state index is 6.26. The Morgan fingerprint density at radius 2 is 2.08 bits per heavy atom. The lowest BCUT2D eigenvalue weighted by atomic mass is 9.95. The molecule has 0 amide bonds. The van der Waals surface area contributed by atoms with Crippen molar-refractivity contribution in [2.45, 2.75) is 51.2 Å². The number of aromatic nitrogens is 1. The van der Waals surface area contributed by atoms with Crippen LogP contribution in [0.4, 0.5) is 0 Å². The molecule has 0 radical (unpaired) electrons. The fourth-order valence-electron chi connectivity index (χ4n) is 4.09. The molecule has 1 aliphatic carbocycles. The lowest BCUT2D eigenvalue weighted by Gasteiger charge is -2.26. The second-order valence-corrected chi connectivity index (χ2v) is 7.34.